The maximum Gasteiger partial charge on any atom is 0.327 e. The van der Waals surface area contributed by atoms with Crippen LogP contribution in [0.15, 0.2) is 36.8 Å². The molecule has 2 amide bonds. The minimum Gasteiger partial charge on any atom is -0.484 e. The average molecular weight is 426 g/mol. The lowest BCUT2D eigenvalue weighted by atomic mass is 9.97. The Balaban J connectivity index is 1.50. The van der Waals surface area contributed by atoms with Crippen LogP contribution in [0.25, 0.3) is 0 Å². The largest absolute Gasteiger partial charge is 0.484 e. The minimum absolute atomic E-state index is 0.235. The second-order valence-corrected chi connectivity index (χ2v) is 7.63. The highest BCUT2D eigenvalue weighted by Crippen LogP contribution is 2.40. The van der Waals surface area contributed by atoms with E-state index >= 15 is 0 Å². The Morgan fingerprint density at radius 2 is 2.17 bits per heavy atom. The SMILES string of the molecule is Cc1cc2c(cc1N1Cc3c(Cl)ncnc3NC1=O)OC(c1ncccc1F)CC2. The number of pyridine rings is 1. The monoisotopic (exact) mass is 425 g/mol. The van der Waals surface area contributed by atoms with Gasteiger partial charge in [-0.15, -0.1) is 0 Å². The number of nitrogens with one attached hydrogen (secondary N) is 1. The predicted molar refractivity (Wildman–Crippen MR) is 109 cm³/mol. The Kier molecular flexibility index (Phi) is 4.51. The van der Waals surface area contributed by atoms with Crippen LogP contribution in [0.2, 0.25) is 5.15 Å². The molecule has 9 heteroatoms. The highest BCUT2D eigenvalue weighted by Gasteiger charge is 2.31. The van der Waals surface area contributed by atoms with Crippen LogP contribution in [-0.2, 0) is 13.0 Å². The van der Waals surface area contributed by atoms with Crippen LogP contribution in [0.1, 0.15) is 34.9 Å². The number of ether oxygens (including phenoxy) is 1. The number of hydrogen-bond donors (Lipinski definition) is 1. The standard InChI is InChI=1S/C21H17ClFN5O2/c1-11-7-12-4-5-16(18-14(23)3-2-6-24-18)30-17(12)8-15(11)28-9-13-19(22)25-10-26-20(13)27-21(28)29/h2-3,6-8,10,16H,4-5,9H2,1H3,(H,25,26,27,29). The molecule has 0 saturated carbocycles. The van der Waals surface area contributed by atoms with Crippen molar-refractivity contribution in [3.05, 3.63) is 70.1 Å². The Labute approximate surface area is 176 Å². The number of aryl methyl sites for hydroxylation is 2. The first-order chi connectivity index (χ1) is 14.5. The molecule has 0 radical (unpaired) electrons. The van der Waals surface area contributed by atoms with Crippen LogP contribution >= 0.6 is 11.6 Å². The first-order valence-electron chi connectivity index (χ1n) is 9.49. The third kappa shape index (κ3) is 3.13. The third-order valence-corrected chi connectivity index (χ3v) is 5.71. The van der Waals surface area contributed by atoms with E-state index in [0.717, 1.165) is 17.5 Å². The number of nitrogens with zero attached hydrogens (tertiary/aromatic N) is 4. The average Bonchev–Trinajstić information content (AvgIpc) is 2.73. The molecule has 0 spiro atoms. The van der Waals surface area contributed by atoms with Gasteiger partial charge < -0.3 is 4.74 Å². The number of rotatable bonds is 2. The normalized spacial score (nSPS) is 17.6. The molecular weight excluding hydrogens is 409 g/mol. The van der Waals surface area contributed by atoms with Crippen molar-refractivity contribution in [2.45, 2.75) is 32.4 Å². The summed E-state index contributed by atoms with van der Waals surface area (Å²) in [6, 6.07) is 6.44. The fraction of sp³-hybridized carbons (Fsp3) is 0.238. The summed E-state index contributed by atoms with van der Waals surface area (Å²) in [6.45, 7) is 2.17. The number of aromatic nitrogens is 3. The molecular formula is C21H17ClFN5O2. The van der Waals surface area contributed by atoms with Gasteiger partial charge in [-0.05, 0) is 43.0 Å². The lowest BCUT2D eigenvalue weighted by molar-refractivity contribution is 0.167. The molecule has 0 saturated heterocycles. The minimum atomic E-state index is -0.479. The lowest BCUT2D eigenvalue weighted by Crippen LogP contribution is -2.40. The van der Waals surface area contributed by atoms with Gasteiger partial charge in [0.15, 0.2) is 0 Å². The van der Waals surface area contributed by atoms with Crippen molar-refractivity contribution in [2.24, 2.45) is 0 Å². The van der Waals surface area contributed by atoms with Gasteiger partial charge in [0, 0.05) is 12.3 Å². The molecule has 1 aromatic carbocycles. The molecule has 1 atom stereocenters. The highest BCUT2D eigenvalue weighted by atomic mass is 35.5. The van der Waals surface area contributed by atoms with E-state index in [1.807, 2.05) is 19.1 Å². The first-order valence-corrected chi connectivity index (χ1v) is 9.87. The predicted octanol–water partition coefficient (Wildman–Crippen LogP) is 4.59. The summed E-state index contributed by atoms with van der Waals surface area (Å²) < 4.78 is 20.3. The topological polar surface area (TPSA) is 80.2 Å². The molecule has 1 N–H and O–H groups in total. The molecule has 152 valence electrons. The molecule has 5 rings (SSSR count). The van der Waals surface area contributed by atoms with Crippen LogP contribution in [0, 0.1) is 12.7 Å². The van der Waals surface area contributed by atoms with Crippen LogP contribution in [0.4, 0.5) is 20.7 Å². The Bertz CT molecular complexity index is 1170. The smallest absolute Gasteiger partial charge is 0.327 e. The Morgan fingerprint density at radius 3 is 3.00 bits per heavy atom. The van der Waals surface area contributed by atoms with E-state index in [4.69, 9.17) is 16.3 Å². The molecule has 3 aromatic rings. The highest BCUT2D eigenvalue weighted by molar-refractivity contribution is 6.30. The van der Waals surface area contributed by atoms with Crippen molar-refractivity contribution in [3.8, 4) is 5.75 Å². The maximum absolute atomic E-state index is 14.2. The number of halogens is 2. The van der Waals surface area contributed by atoms with E-state index in [1.165, 1.54) is 12.4 Å². The Morgan fingerprint density at radius 1 is 1.30 bits per heavy atom. The van der Waals surface area contributed by atoms with E-state index in [1.54, 1.807) is 17.2 Å². The fourth-order valence-corrected chi connectivity index (χ4v) is 4.08. The summed E-state index contributed by atoms with van der Waals surface area (Å²) in [5.74, 6) is 0.639. The van der Waals surface area contributed by atoms with Gasteiger partial charge in [-0.3, -0.25) is 15.2 Å². The van der Waals surface area contributed by atoms with Crippen LogP contribution in [0.3, 0.4) is 0 Å². The van der Waals surface area contributed by atoms with E-state index in [-0.39, 0.29) is 18.4 Å². The van der Waals surface area contributed by atoms with E-state index in [9.17, 15) is 9.18 Å². The van der Waals surface area contributed by atoms with Crippen LogP contribution in [-0.4, -0.2) is 21.0 Å². The molecule has 1 unspecified atom stereocenters. The summed E-state index contributed by atoms with van der Waals surface area (Å²) in [5, 5.41) is 3.04. The summed E-state index contributed by atoms with van der Waals surface area (Å²) in [7, 11) is 0. The maximum atomic E-state index is 14.2. The van der Waals surface area contributed by atoms with Crippen molar-refractivity contribution < 1.29 is 13.9 Å². The Hall–Kier alpha value is -3.26. The van der Waals surface area contributed by atoms with Gasteiger partial charge in [0.2, 0.25) is 0 Å². The van der Waals surface area contributed by atoms with E-state index in [2.05, 4.69) is 20.3 Å². The van der Waals surface area contributed by atoms with Crippen molar-refractivity contribution in [3.63, 3.8) is 0 Å². The lowest BCUT2D eigenvalue weighted by Gasteiger charge is -2.32. The number of amides is 2. The van der Waals surface area contributed by atoms with Crippen molar-refractivity contribution >= 4 is 29.1 Å². The van der Waals surface area contributed by atoms with Gasteiger partial charge >= 0.3 is 6.03 Å². The molecule has 7 nitrogen and oxygen atoms in total. The zero-order valence-electron chi connectivity index (χ0n) is 16.0. The number of carbonyl (C=O) groups excluding carboxylic acids is 1. The van der Waals surface area contributed by atoms with Gasteiger partial charge in [0.05, 0.1) is 17.8 Å². The zero-order valence-corrected chi connectivity index (χ0v) is 16.8. The molecule has 4 heterocycles. The number of benzene rings is 1. The molecule has 0 fully saturated rings. The van der Waals surface area contributed by atoms with E-state index in [0.29, 0.717) is 40.1 Å². The quantitative estimate of drug-likeness (QED) is 0.607. The number of carbonyl (C=O) groups is 1. The molecule has 2 aliphatic heterocycles. The molecule has 2 aliphatic rings. The van der Waals surface area contributed by atoms with Gasteiger partial charge in [-0.1, -0.05) is 17.7 Å². The molecule has 0 aliphatic carbocycles. The van der Waals surface area contributed by atoms with Crippen molar-refractivity contribution in [2.75, 3.05) is 10.2 Å². The number of anilines is 2. The summed E-state index contributed by atoms with van der Waals surface area (Å²) in [6.07, 6.45) is 3.74. The third-order valence-electron chi connectivity index (χ3n) is 5.39. The van der Waals surface area contributed by atoms with Gasteiger partial charge in [0.1, 0.15) is 40.7 Å². The van der Waals surface area contributed by atoms with Gasteiger partial charge in [-0.25, -0.2) is 19.2 Å². The van der Waals surface area contributed by atoms with Gasteiger partial charge in [0.25, 0.3) is 0 Å². The second kappa shape index (κ2) is 7.21. The summed E-state index contributed by atoms with van der Waals surface area (Å²) in [5.41, 5.74) is 3.55. The van der Waals surface area contributed by atoms with E-state index < -0.39 is 6.10 Å². The molecule has 2 aromatic heterocycles. The summed E-state index contributed by atoms with van der Waals surface area (Å²) >= 11 is 6.20. The number of fused-ring (bicyclic) bond motifs is 2. The summed E-state index contributed by atoms with van der Waals surface area (Å²) in [4.78, 5) is 26.5. The number of hydrogen-bond acceptors (Lipinski definition) is 5. The van der Waals surface area contributed by atoms with Gasteiger partial charge in [-0.2, -0.15) is 0 Å². The fourth-order valence-electron chi connectivity index (χ4n) is 3.89. The molecule has 0 bridgehead atoms. The zero-order chi connectivity index (χ0) is 20.8. The van der Waals surface area contributed by atoms with Crippen molar-refractivity contribution in [1.82, 2.24) is 15.0 Å². The van der Waals surface area contributed by atoms with Crippen LogP contribution in [0.5, 0.6) is 5.75 Å². The van der Waals surface area contributed by atoms with Crippen LogP contribution < -0.4 is 15.0 Å². The second-order valence-electron chi connectivity index (χ2n) is 7.27. The first kappa shape index (κ1) is 18.7. The molecule has 30 heavy (non-hydrogen) atoms. The van der Waals surface area contributed by atoms with Crippen molar-refractivity contribution in [1.29, 1.82) is 0 Å². The number of urea groups is 1.